The molecule has 1 heterocycles. The molecule has 0 amide bonds. The van der Waals surface area contributed by atoms with E-state index in [1.54, 1.807) is 7.11 Å². The lowest BCUT2D eigenvalue weighted by atomic mass is 9.89. The van der Waals surface area contributed by atoms with E-state index >= 15 is 0 Å². The van der Waals surface area contributed by atoms with Crippen LogP contribution in [-0.4, -0.2) is 63.0 Å². The van der Waals surface area contributed by atoms with Crippen LogP contribution in [0.1, 0.15) is 32.6 Å². The lowest BCUT2D eigenvalue weighted by Crippen LogP contribution is -2.59. The van der Waals surface area contributed by atoms with Gasteiger partial charge in [-0.1, -0.05) is 19.8 Å². The third-order valence-corrected chi connectivity index (χ3v) is 4.23. The van der Waals surface area contributed by atoms with E-state index in [9.17, 15) is 0 Å². The summed E-state index contributed by atoms with van der Waals surface area (Å²) in [7, 11) is 1.80. The second-order valence-electron chi connectivity index (χ2n) is 5.42. The second-order valence-corrected chi connectivity index (χ2v) is 5.42. The second kappa shape index (κ2) is 7.43. The summed E-state index contributed by atoms with van der Waals surface area (Å²) in [5.74, 6) is 0. The van der Waals surface area contributed by atoms with Gasteiger partial charge in [0.1, 0.15) is 0 Å². The van der Waals surface area contributed by atoms with Crippen LogP contribution in [0.25, 0.3) is 0 Å². The van der Waals surface area contributed by atoms with Crippen molar-refractivity contribution in [2.45, 2.75) is 50.8 Å². The Balaban J connectivity index is 1.97. The summed E-state index contributed by atoms with van der Waals surface area (Å²) < 4.78 is 11.4. The van der Waals surface area contributed by atoms with Crippen LogP contribution in [0, 0.1) is 0 Å². The molecule has 2 rings (SSSR count). The fourth-order valence-electron chi connectivity index (χ4n) is 3.35. The van der Waals surface area contributed by atoms with E-state index in [-0.39, 0.29) is 0 Å². The van der Waals surface area contributed by atoms with E-state index in [0.29, 0.717) is 18.2 Å². The number of nitrogens with zero attached hydrogens (tertiary/aromatic N) is 1. The molecule has 2 fully saturated rings. The number of methoxy groups -OCH3 is 1. The van der Waals surface area contributed by atoms with Crippen molar-refractivity contribution in [3.05, 3.63) is 0 Å². The normalized spacial score (nSPS) is 31.0. The van der Waals surface area contributed by atoms with Crippen LogP contribution in [0.2, 0.25) is 0 Å². The first-order chi connectivity index (χ1) is 8.86. The van der Waals surface area contributed by atoms with Gasteiger partial charge in [-0.15, -0.1) is 0 Å². The number of likely N-dealkylation sites (N-methyl/N-ethyl adjacent to an activating group) is 1. The van der Waals surface area contributed by atoms with Crippen LogP contribution in [0.15, 0.2) is 0 Å². The van der Waals surface area contributed by atoms with Crippen LogP contribution in [0.3, 0.4) is 0 Å². The molecule has 0 aromatic carbocycles. The van der Waals surface area contributed by atoms with Crippen molar-refractivity contribution in [1.29, 1.82) is 0 Å². The molecule has 0 aromatic heterocycles. The van der Waals surface area contributed by atoms with Gasteiger partial charge >= 0.3 is 0 Å². The number of rotatable bonds is 6. The van der Waals surface area contributed by atoms with Crippen molar-refractivity contribution in [1.82, 2.24) is 10.2 Å². The topological polar surface area (TPSA) is 33.7 Å². The molecule has 0 aromatic rings. The number of fused-ring (bicyclic) bond motifs is 1. The van der Waals surface area contributed by atoms with E-state index < -0.39 is 0 Å². The van der Waals surface area contributed by atoms with Crippen LogP contribution in [-0.2, 0) is 9.47 Å². The van der Waals surface area contributed by atoms with Crippen molar-refractivity contribution in [2.24, 2.45) is 0 Å². The molecule has 1 aliphatic carbocycles. The van der Waals surface area contributed by atoms with Gasteiger partial charge in [-0.2, -0.15) is 0 Å². The molecule has 18 heavy (non-hydrogen) atoms. The van der Waals surface area contributed by atoms with Crippen molar-refractivity contribution in [3.63, 3.8) is 0 Å². The molecule has 0 bridgehead atoms. The average molecular weight is 256 g/mol. The van der Waals surface area contributed by atoms with Gasteiger partial charge in [-0.05, 0) is 19.4 Å². The molecule has 1 aliphatic heterocycles. The first-order valence-corrected chi connectivity index (χ1v) is 7.43. The maximum Gasteiger partial charge on any atom is 0.0731 e. The minimum absolute atomic E-state index is 0.466. The Bertz CT molecular complexity index is 236. The fraction of sp³-hybridized carbons (Fsp3) is 1.00. The summed E-state index contributed by atoms with van der Waals surface area (Å²) in [5, 5.41) is 3.46. The molecule has 1 saturated heterocycles. The Kier molecular flexibility index (Phi) is 5.89. The van der Waals surface area contributed by atoms with Crippen molar-refractivity contribution >= 4 is 0 Å². The number of hydrogen-bond donors (Lipinski definition) is 1. The highest BCUT2D eigenvalue weighted by molar-refractivity contribution is 4.91. The number of hydrogen-bond acceptors (Lipinski definition) is 4. The van der Waals surface area contributed by atoms with Gasteiger partial charge in [0.15, 0.2) is 0 Å². The Morgan fingerprint density at radius 3 is 3.00 bits per heavy atom. The molecule has 1 N–H and O–H groups in total. The van der Waals surface area contributed by atoms with Gasteiger partial charge in [0, 0.05) is 32.3 Å². The average Bonchev–Trinajstić information content (AvgIpc) is 2.43. The summed E-state index contributed by atoms with van der Waals surface area (Å²) in [5.41, 5.74) is 0. The number of nitrogens with one attached hydrogen (secondary N) is 1. The number of morpholine rings is 1. The van der Waals surface area contributed by atoms with E-state index in [0.717, 1.165) is 32.8 Å². The highest BCUT2D eigenvalue weighted by atomic mass is 16.5. The molecule has 0 radical (unpaired) electrons. The smallest absolute Gasteiger partial charge is 0.0731 e. The highest BCUT2D eigenvalue weighted by Gasteiger charge is 2.37. The van der Waals surface area contributed by atoms with Crippen molar-refractivity contribution in [2.75, 3.05) is 40.0 Å². The van der Waals surface area contributed by atoms with Gasteiger partial charge in [0.2, 0.25) is 0 Å². The number of ether oxygens (including phenoxy) is 2. The SMILES string of the molecule is CCNCC(COC)N1CCOC2CCCCC21. The van der Waals surface area contributed by atoms with Gasteiger partial charge in [0.05, 0.1) is 19.3 Å². The summed E-state index contributed by atoms with van der Waals surface area (Å²) in [6, 6.07) is 1.11. The molecule has 3 unspecified atom stereocenters. The van der Waals surface area contributed by atoms with Gasteiger partial charge < -0.3 is 14.8 Å². The molecule has 3 atom stereocenters. The third kappa shape index (κ3) is 3.44. The van der Waals surface area contributed by atoms with E-state index in [2.05, 4.69) is 17.1 Å². The van der Waals surface area contributed by atoms with E-state index in [4.69, 9.17) is 9.47 Å². The van der Waals surface area contributed by atoms with Crippen LogP contribution < -0.4 is 5.32 Å². The molecular formula is C14H28N2O2. The van der Waals surface area contributed by atoms with Crippen molar-refractivity contribution in [3.8, 4) is 0 Å². The Labute approximate surface area is 111 Å². The zero-order valence-corrected chi connectivity index (χ0v) is 11.9. The standard InChI is InChI=1S/C14H28N2O2/c1-3-15-10-12(11-17-2)16-8-9-18-14-7-5-4-6-13(14)16/h12-15H,3-11H2,1-2H3. The monoisotopic (exact) mass is 256 g/mol. The zero-order valence-electron chi connectivity index (χ0n) is 11.9. The predicted octanol–water partition coefficient (Wildman–Crippen LogP) is 1.25. The maximum absolute atomic E-state index is 5.94. The Morgan fingerprint density at radius 2 is 2.22 bits per heavy atom. The van der Waals surface area contributed by atoms with Gasteiger partial charge in [-0.3, -0.25) is 4.90 Å². The van der Waals surface area contributed by atoms with Crippen molar-refractivity contribution < 1.29 is 9.47 Å². The summed E-state index contributed by atoms with van der Waals surface area (Å²) >= 11 is 0. The maximum atomic E-state index is 5.94. The Morgan fingerprint density at radius 1 is 1.39 bits per heavy atom. The molecule has 2 aliphatic rings. The minimum Gasteiger partial charge on any atom is -0.383 e. The van der Waals surface area contributed by atoms with Crippen LogP contribution in [0.5, 0.6) is 0 Å². The minimum atomic E-state index is 0.466. The molecule has 0 spiro atoms. The molecule has 4 heteroatoms. The van der Waals surface area contributed by atoms with Crippen LogP contribution in [0.4, 0.5) is 0 Å². The lowest BCUT2D eigenvalue weighted by molar-refractivity contribution is -0.109. The molecular weight excluding hydrogens is 228 g/mol. The summed E-state index contributed by atoms with van der Waals surface area (Å²) in [6.07, 6.45) is 5.67. The van der Waals surface area contributed by atoms with Crippen LogP contribution >= 0.6 is 0 Å². The fourth-order valence-corrected chi connectivity index (χ4v) is 3.35. The first-order valence-electron chi connectivity index (χ1n) is 7.43. The molecule has 1 saturated carbocycles. The van der Waals surface area contributed by atoms with Gasteiger partial charge in [0.25, 0.3) is 0 Å². The quantitative estimate of drug-likeness (QED) is 0.775. The van der Waals surface area contributed by atoms with Gasteiger partial charge in [-0.25, -0.2) is 0 Å². The lowest BCUT2D eigenvalue weighted by Gasteiger charge is -2.47. The summed E-state index contributed by atoms with van der Waals surface area (Å²) in [6.45, 7) is 6.96. The summed E-state index contributed by atoms with van der Waals surface area (Å²) in [4.78, 5) is 2.64. The molecule has 4 nitrogen and oxygen atoms in total. The zero-order chi connectivity index (χ0) is 12.8. The highest BCUT2D eigenvalue weighted by Crippen LogP contribution is 2.29. The Hall–Kier alpha value is -0.160. The molecule has 106 valence electrons. The van der Waals surface area contributed by atoms with E-state index in [1.807, 2.05) is 0 Å². The predicted molar refractivity (Wildman–Crippen MR) is 72.9 cm³/mol. The largest absolute Gasteiger partial charge is 0.383 e. The van der Waals surface area contributed by atoms with E-state index in [1.165, 1.54) is 25.7 Å². The third-order valence-electron chi connectivity index (χ3n) is 4.23. The first kappa shape index (κ1) is 14.3.